The second kappa shape index (κ2) is 7.34. The predicted octanol–water partition coefficient (Wildman–Crippen LogP) is 3.19. The van der Waals surface area contributed by atoms with Gasteiger partial charge in [0, 0.05) is 24.8 Å². The van der Waals surface area contributed by atoms with Crippen LogP contribution in [-0.2, 0) is 11.2 Å². The molecule has 1 unspecified atom stereocenters. The van der Waals surface area contributed by atoms with Crippen LogP contribution in [0, 0.1) is 0 Å². The highest BCUT2D eigenvalue weighted by atomic mass is 35.5. The largest absolute Gasteiger partial charge is 0.444 e. The van der Waals surface area contributed by atoms with Gasteiger partial charge in [-0.3, -0.25) is 0 Å². The van der Waals surface area contributed by atoms with Crippen LogP contribution >= 0.6 is 11.6 Å². The predicted molar refractivity (Wildman–Crippen MR) is 91.0 cm³/mol. The van der Waals surface area contributed by atoms with Crippen molar-refractivity contribution in [2.24, 2.45) is 0 Å². The van der Waals surface area contributed by atoms with E-state index in [2.05, 4.69) is 27.1 Å². The van der Waals surface area contributed by atoms with Gasteiger partial charge in [-0.2, -0.15) is 0 Å². The fourth-order valence-corrected chi connectivity index (χ4v) is 2.75. The highest BCUT2D eigenvalue weighted by molar-refractivity contribution is 6.28. The van der Waals surface area contributed by atoms with E-state index in [1.54, 1.807) is 0 Å². The Morgan fingerprint density at radius 2 is 2.22 bits per heavy atom. The standard InChI is InChI=1S/C16H25ClN4O2/c1-5-6-11-9-13(20-14(17)18-11)21-8-7-12(10-21)19-15(22)23-16(2,3)4/h9,12H,5-8,10H2,1-4H3,(H,19,22). The molecule has 23 heavy (non-hydrogen) atoms. The summed E-state index contributed by atoms with van der Waals surface area (Å²) < 4.78 is 5.30. The number of ether oxygens (including phenoxy) is 1. The number of nitrogens with zero attached hydrogens (tertiary/aromatic N) is 3. The van der Waals surface area contributed by atoms with E-state index in [-0.39, 0.29) is 17.4 Å². The molecule has 1 saturated heterocycles. The highest BCUT2D eigenvalue weighted by Crippen LogP contribution is 2.21. The molecule has 0 spiro atoms. The van der Waals surface area contributed by atoms with Crippen LogP contribution in [0.1, 0.15) is 46.2 Å². The molecule has 1 aliphatic rings. The van der Waals surface area contributed by atoms with Crippen LogP contribution < -0.4 is 10.2 Å². The zero-order valence-corrected chi connectivity index (χ0v) is 15.0. The van der Waals surface area contributed by atoms with Crippen LogP contribution in [0.4, 0.5) is 10.6 Å². The number of hydrogen-bond acceptors (Lipinski definition) is 5. The lowest BCUT2D eigenvalue weighted by Crippen LogP contribution is -2.40. The summed E-state index contributed by atoms with van der Waals surface area (Å²) in [4.78, 5) is 22.5. The molecule has 128 valence electrons. The molecule has 1 fully saturated rings. The van der Waals surface area contributed by atoms with Gasteiger partial charge in [-0.1, -0.05) is 13.3 Å². The zero-order chi connectivity index (χ0) is 17.0. The lowest BCUT2D eigenvalue weighted by molar-refractivity contribution is 0.0509. The van der Waals surface area contributed by atoms with Gasteiger partial charge in [-0.25, -0.2) is 14.8 Å². The van der Waals surface area contributed by atoms with Crippen molar-refractivity contribution >= 4 is 23.5 Å². The minimum absolute atomic E-state index is 0.0493. The molecule has 0 aliphatic carbocycles. The molecule has 2 rings (SSSR count). The van der Waals surface area contributed by atoms with E-state index < -0.39 is 5.60 Å². The van der Waals surface area contributed by atoms with E-state index in [0.29, 0.717) is 6.54 Å². The Labute approximate surface area is 142 Å². The normalized spacial score (nSPS) is 18.1. The highest BCUT2D eigenvalue weighted by Gasteiger charge is 2.27. The van der Waals surface area contributed by atoms with E-state index in [1.165, 1.54) is 0 Å². The average Bonchev–Trinajstić information content (AvgIpc) is 2.84. The minimum atomic E-state index is -0.488. The van der Waals surface area contributed by atoms with E-state index in [0.717, 1.165) is 37.3 Å². The third-order valence-electron chi connectivity index (χ3n) is 3.48. The molecule has 6 nitrogen and oxygen atoms in total. The maximum atomic E-state index is 11.9. The number of anilines is 1. The second-order valence-corrected chi connectivity index (χ2v) is 7.15. The molecule has 0 saturated carbocycles. The van der Waals surface area contributed by atoms with Crippen LogP contribution in [0.3, 0.4) is 0 Å². The van der Waals surface area contributed by atoms with Crippen molar-refractivity contribution < 1.29 is 9.53 Å². The summed E-state index contributed by atoms with van der Waals surface area (Å²) >= 11 is 6.02. The van der Waals surface area contributed by atoms with Gasteiger partial charge in [-0.05, 0) is 45.2 Å². The molecule has 7 heteroatoms. The minimum Gasteiger partial charge on any atom is -0.444 e. The number of hydrogen-bond donors (Lipinski definition) is 1. The molecule has 0 radical (unpaired) electrons. The number of aryl methyl sites for hydroxylation is 1. The van der Waals surface area contributed by atoms with Crippen molar-refractivity contribution in [2.45, 2.75) is 58.6 Å². The molecule has 0 aromatic carbocycles. The number of carbonyl (C=O) groups is 1. The van der Waals surface area contributed by atoms with Gasteiger partial charge < -0.3 is 15.0 Å². The van der Waals surface area contributed by atoms with Crippen LogP contribution in [0.5, 0.6) is 0 Å². The first-order chi connectivity index (χ1) is 10.8. The topological polar surface area (TPSA) is 67.4 Å². The van der Waals surface area contributed by atoms with Crippen molar-refractivity contribution in [3.05, 3.63) is 17.0 Å². The Morgan fingerprint density at radius 1 is 1.48 bits per heavy atom. The summed E-state index contributed by atoms with van der Waals surface area (Å²) in [7, 11) is 0. The number of halogens is 1. The number of rotatable bonds is 4. The molecule has 1 aromatic heterocycles. The average molecular weight is 341 g/mol. The monoisotopic (exact) mass is 340 g/mol. The Bertz CT molecular complexity index is 560. The fourth-order valence-electron chi connectivity index (χ4n) is 2.56. The summed E-state index contributed by atoms with van der Waals surface area (Å²) in [6.45, 7) is 9.17. The lowest BCUT2D eigenvalue weighted by atomic mass is 10.2. The van der Waals surface area contributed by atoms with Gasteiger partial charge in [-0.15, -0.1) is 0 Å². The van der Waals surface area contributed by atoms with E-state index in [9.17, 15) is 4.79 Å². The quantitative estimate of drug-likeness (QED) is 0.852. The van der Waals surface area contributed by atoms with E-state index in [1.807, 2.05) is 26.8 Å². The summed E-state index contributed by atoms with van der Waals surface area (Å²) in [5.41, 5.74) is 0.462. The van der Waals surface area contributed by atoms with Crippen LogP contribution in [0.15, 0.2) is 6.07 Å². The molecule has 1 amide bonds. The smallest absolute Gasteiger partial charge is 0.407 e. The summed E-state index contributed by atoms with van der Waals surface area (Å²) in [6, 6.07) is 2.03. The van der Waals surface area contributed by atoms with Gasteiger partial charge in [0.25, 0.3) is 0 Å². The first-order valence-electron chi connectivity index (χ1n) is 8.05. The van der Waals surface area contributed by atoms with E-state index >= 15 is 0 Å². The second-order valence-electron chi connectivity index (χ2n) is 6.81. The van der Waals surface area contributed by atoms with Crippen molar-refractivity contribution in [3.8, 4) is 0 Å². The Morgan fingerprint density at radius 3 is 2.87 bits per heavy atom. The van der Waals surface area contributed by atoms with Crippen molar-refractivity contribution in [1.29, 1.82) is 0 Å². The molecule has 1 aromatic rings. The van der Waals surface area contributed by atoms with Gasteiger partial charge in [0.2, 0.25) is 5.28 Å². The lowest BCUT2D eigenvalue weighted by Gasteiger charge is -2.22. The van der Waals surface area contributed by atoms with Crippen LogP contribution in [0.25, 0.3) is 0 Å². The molecular formula is C16H25ClN4O2. The van der Waals surface area contributed by atoms with Gasteiger partial charge in [0.05, 0.1) is 6.04 Å². The fraction of sp³-hybridized carbons (Fsp3) is 0.688. The van der Waals surface area contributed by atoms with Gasteiger partial charge in [0.15, 0.2) is 0 Å². The SMILES string of the molecule is CCCc1cc(N2CCC(NC(=O)OC(C)(C)C)C2)nc(Cl)n1. The summed E-state index contributed by atoms with van der Waals surface area (Å²) in [5.74, 6) is 0.821. The molecule has 1 N–H and O–H groups in total. The molecule has 1 atom stereocenters. The molecule has 1 aliphatic heterocycles. The first kappa shape index (κ1) is 17.8. The zero-order valence-electron chi connectivity index (χ0n) is 14.2. The van der Waals surface area contributed by atoms with Gasteiger partial charge >= 0.3 is 6.09 Å². The Hall–Kier alpha value is -1.56. The number of aromatic nitrogens is 2. The van der Waals surface area contributed by atoms with Crippen LogP contribution in [-0.4, -0.2) is 40.8 Å². The van der Waals surface area contributed by atoms with E-state index in [4.69, 9.17) is 16.3 Å². The number of carbonyl (C=O) groups excluding carboxylic acids is 1. The Balaban J connectivity index is 1.96. The van der Waals surface area contributed by atoms with Crippen molar-refractivity contribution in [3.63, 3.8) is 0 Å². The summed E-state index contributed by atoms with van der Waals surface area (Å²) in [6.07, 6.45) is 2.36. The maximum Gasteiger partial charge on any atom is 0.407 e. The van der Waals surface area contributed by atoms with Crippen molar-refractivity contribution in [1.82, 2.24) is 15.3 Å². The van der Waals surface area contributed by atoms with Crippen molar-refractivity contribution in [2.75, 3.05) is 18.0 Å². The summed E-state index contributed by atoms with van der Waals surface area (Å²) in [5, 5.41) is 3.18. The number of alkyl carbamates (subject to hydrolysis) is 1. The Kier molecular flexibility index (Phi) is 5.68. The maximum absolute atomic E-state index is 11.9. The third kappa shape index (κ3) is 5.53. The molecule has 2 heterocycles. The third-order valence-corrected chi connectivity index (χ3v) is 3.65. The molecule has 0 bridgehead atoms. The first-order valence-corrected chi connectivity index (χ1v) is 8.42. The van der Waals surface area contributed by atoms with Crippen LogP contribution in [0.2, 0.25) is 5.28 Å². The number of amides is 1. The number of nitrogens with one attached hydrogen (secondary N) is 1. The van der Waals surface area contributed by atoms with Gasteiger partial charge in [0.1, 0.15) is 11.4 Å². The molecular weight excluding hydrogens is 316 g/mol.